The highest BCUT2D eigenvalue weighted by atomic mass is 16.5. The van der Waals surface area contributed by atoms with Crippen LogP contribution in [0.5, 0.6) is 11.5 Å². The Morgan fingerprint density at radius 1 is 1.07 bits per heavy atom. The zero-order valence-corrected chi connectivity index (χ0v) is 15.1. The van der Waals surface area contributed by atoms with Crippen LogP contribution in [0.4, 0.5) is 0 Å². The molecule has 5 rings (SSSR count). The van der Waals surface area contributed by atoms with Crippen LogP contribution in [0.15, 0.2) is 62.2 Å². The number of para-hydroxylation sites is 1. The normalized spacial score (nSPS) is 13.8. The van der Waals surface area contributed by atoms with Crippen molar-refractivity contribution < 1.29 is 23.1 Å². The second-order valence-electron chi connectivity index (χ2n) is 6.82. The molecular formula is C22H16O6. The van der Waals surface area contributed by atoms with Crippen LogP contribution < -0.4 is 15.1 Å². The topological polar surface area (TPSA) is 78.9 Å². The van der Waals surface area contributed by atoms with Crippen molar-refractivity contribution in [3.05, 3.63) is 59.0 Å². The molecule has 0 unspecified atom stereocenters. The molecule has 6 heteroatoms. The molecule has 28 heavy (non-hydrogen) atoms. The van der Waals surface area contributed by atoms with Gasteiger partial charge < -0.3 is 18.3 Å². The highest BCUT2D eigenvalue weighted by Crippen LogP contribution is 2.37. The van der Waals surface area contributed by atoms with Crippen molar-refractivity contribution in [2.75, 3.05) is 7.11 Å². The van der Waals surface area contributed by atoms with Crippen molar-refractivity contribution in [1.29, 1.82) is 0 Å². The molecule has 1 saturated carbocycles. The smallest absolute Gasteiger partial charge is 0.336 e. The lowest BCUT2D eigenvalue weighted by Crippen LogP contribution is -2.09. The highest BCUT2D eigenvalue weighted by Gasteiger charge is 2.31. The molecule has 0 aliphatic heterocycles. The maximum atomic E-state index is 12.1. The van der Waals surface area contributed by atoms with Crippen LogP contribution in [0.25, 0.3) is 33.3 Å². The zero-order valence-electron chi connectivity index (χ0n) is 15.1. The van der Waals surface area contributed by atoms with Gasteiger partial charge in [-0.25, -0.2) is 4.79 Å². The summed E-state index contributed by atoms with van der Waals surface area (Å²) >= 11 is 0. The molecule has 6 nitrogen and oxygen atoms in total. The van der Waals surface area contributed by atoms with Gasteiger partial charge in [0.1, 0.15) is 17.1 Å². The summed E-state index contributed by atoms with van der Waals surface area (Å²) in [4.78, 5) is 24.0. The number of carbonyl (C=O) groups is 1. The van der Waals surface area contributed by atoms with E-state index >= 15 is 0 Å². The van der Waals surface area contributed by atoms with Gasteiger partial charge in [0.05, 0.1) is 13.0 Å². The fourth-order valence-corrected chi connectivity index (χ4v) is 3.26. The third-order valence-electron chi connectivity index (χ3n) is 4.84. The van der Waals surface area contributed by atoms with Gasteiger partial charge in [0, 0.05) is 22.4 Å². The average Bonchev–Trinajstić information content (AvgIpc) is 3.46. The van der Waals surface area contributed by atoms with Crippen LogP contribution in [0, 0.1) is 5.92 Å². The Balaban J connectivity index is 1.67. The molecule has 0 saturated heterocycles. The first-order chi connectivity index (χ1) is 13.6. The third kappa shape index (κ3) is 2.83. The first-order valence-electron chi connectivity index (χ1n) is 8.99. The molecule has 0 atom stereocenters. The molecule has 2 aromatic carbocycles. The Bertz CT molecular complexity index is 1280. The minimum Gasteiger partial charge on any atom is -0.493 e. The van der Waals surface area contributed by atoms with Crippen LogP contribution in [0.2, 0.25) is 0 Å². The fraction of sp³-hybridized carbons (Fsp3) is 0.182. The fourth-order valence-electron chi connectivity index (χ4n) is 3.26. The number of fused-ring (bicyclic) bond motifs is 2. The Kier molecular flexibility index (Phi) is 3.72. The molecular weight excluding hydrogens is 360 g/mol. The Hall–Kier alpha value is -3.54. The molecule has 0 amide bonds. The molecule has 1 fully saturated rings. The summed E-state index contributed by atoms with van der Waals surface area (Å²) in [5, 5.41) is 1.48. The van der Waals surface area contributed by atoms with Gasteiger partial charge in [-0.15, -0.1) is 0 Å². The lowest BCUT2D eigenvalue weighted by atomic mass is 10.1. The van der Waals surface area contributed by atoms with Crippen molar-refractivity contribution in [2.24, 2.45) is 5.92 Å². The van der Waals surface area contributed by atoms with E-state index in [1.807, 2.05) is 24.3 Å². The van der Waals surface area contributed by atoms with Crippen LogP contribution in [0.1, 0.15) is 12.8 Å². The summed E-state index contributed by atoms with van der Waals surface area (Å²) in [5.41, 5.74) is 1.06. The van der Waals surface area contributed by atoms with E-state index in [9.17, 15) is 9.59 Å². The van der Waals surface area contributed by atoms with Gasteiger partial charge in [-0.05, 0) is 43.2 Å². The van der Waals surface area contributed by atoms with E-state index in [1.54, 1.807) is 25.3 Å². The molecule has 0 spiro atoms. The molecule has 0 N–H and O–H groups in total. The molecule has 2 aromatic heterocycles. The monoisotopic (exact) mass is 376 g/mol. The van der Waals surface area contributed by atoms with Gasteiger partial charge in [0.2, 0.25) is 0 Å². The van der Waals surface area contributed by atoms with E-state index in [1.165, 1.54) is 6.07 Å². The number of furan rings is 1. The van der Waals surface area contributed by atoms with Crippen LogP contribution >= 0.6 is 0 Å². The summed E-state index contributed by atoms with van der Waals surface area (Å²) in [6.45, 7) is 0. The largest absolute Gasteiger partial charge is 0.493 e. The Labute approximate surface area is 159 Å². The molecule has 4 aromatic rings. The van der Waals surface area contributed by atoms with Crippen LogP contribution in [-0.4, -0.2) is 13.1 Å². The van der Waals surface area contributed by atoms with Gasteiger partial charge in [0.25, 0.3) is 0 Å². The number of rotatable bonds is 4. The number of hydrogen-bond donors (Lipinski definition) is 0. The van der Waals surface area contributed by atoms with Gasteiger partial charge >= 0.3 is 11.6 Å². The minimum atomic E-state index is -0.488. The molecule has 1 aliphatic carbocycles. The van der Waals surface area contributed by atoms with Gasteiger partial charge in [-0.1, -0.05) is 12.1 Å². The van der Waals surface area contributed by atoms with Crippen LogP contribution in [0.3, 0.4) is 0 Å². The maximum absolute atomic E-state index is 12.1. The van der Waals surface area contributed by atoms with Gasteiger partial charge in [-0.3, -0.25) is 4.79 Å². The van der Waals surface area contributed by atoms with E-state index in [4.69, 9.17) is 18.3 Å². The summed E-state index contributed by atoms with van der Waals surface area (Å²) in [7, 11) is 1.57. The van der Waals surface area contributed by atoms with E-state index in [2.05, 4.69) is 0 Å². The lowest BCUT2D eigenvalue weighted by molar-refractivity contribution is -0.135. The number of hydrogen-bond acceptors (Lipinski definition) is 6. The van der Waals surface area contributed by atoms with E-state index < -0.39 is 5.63 Å². The Morgan fingerprint density at radius 3 is 2.71 bits per heavy atom. The summed E-state index contributed by atoms with van der Waals surface area (Å²) < 4.78 is 22.1. The van der Waals surface area contributed by atoms with E-state index in [-0.39, 0.29) is 11.9 Å². The molecule has 0 bridgehead atoms. The second-order valence-corrected chi connectivity index (χ2v) is 6.82. The van der Waals surface area contributed by atoms with Gasteiger partial charge in [0.15, 0.2) is 11.3 Å². The zero-order chi connectivity index (χ0) is 19.3. The van der Waals surface area contributed by atoms with Crippen molar-refractivity contribution >= 4 is 27.9 Å². The number of methoxy groups -OCH3 is 1. The van der Waals surface area contributed by atoms with Gasteiger partial charge in [-0.2, -0.15) is 0 Å². The van der Waals surface area contributed by atoms with Crippen molar-refractivity contribution in [2.45, 2.75) is 12.8 Å². The summed E-state index contributed by atoms with van der Waals surface area (Å²) in [5.74, 6) is 1.28. The molecule has 2 heterocycles. The molecule has 0 radical (unpaired) electrons. The maximum Gasteiger partial charge on any atom is 0.336 e. The number of ether oxygens (including phenoxy) is 2. The van der Waals surface area contributed by atoms with E-state index in [0.717, 1.165) is 18.2 Å². The number of benzene rings is 2. The standard InChI is InChI=1S/C22H16O6/c1-25-18-4-2-3-13-9-19(28-21(13)18)16-11-20(23)27-17-8-7-14(10-15(16)17)26-22(24)12-5-6-12/h2-4,7-12H,5-6H2,1H3. The first-order valence-corrected chi connectivity index (χ1v) is 8.99. The Morgan fingerprint density at radius 2 is 1.93 bits per heavy atom. The summed E-state index contributed by atoms with van der Waals surface area (Å²) in [6.07, 6.45) is 1.74. The molecule has 1 aliphatic rings. The van der Waals surface area contributed by atoms with Crippen molar-refractivity contribution in [3.8, 4) is 22.8 Å². The molecule has 140 valence electrons. The predicted octanol–water partition coefficient (Wildman–Crippen LogP) is 4.53. The average molecular weight is 376 g/mol. The minimum absolute atomic E-state index is 0.00768. The number of carbonyl (C=O) groups excluding carboxylic acids is 1. The first kappa shape index (κ1) is 16.6. The van der Waals surface area contributed by atoms with E-state index in [0.29, 0.717) is 39.4 Å². The summed E-state index contributed by atoms with van der Waals surface area (Å²) in [6, 6.07) is 13.7. The van der Waals surface area contributed by atoms with Crippen molar-refractivity contribution in [3.63, 3.8) is 0 Å². The highest BCUT2D eigenvalue weighted by molar-refractivity contribution is 5.96. The number of esters is 1. The van der Waals surface area contributed by atoms with Crippen molar-refractivity contribution in [1.82, 2.24) is 0 Å². The SMILES string of the molecule is COc1cccc2cc(-c3cc(=O)oc4ccc(OC(=O)C5CC5)cc34)oc12. The van der Waals surface area contributed by atoms with Crippen LogP contribution in [-0.2, 0) is 4.79 Å². The quantitative estimate of drug-likeness (QED) is 0.296. The second kappa shape index (κ2) is 6.27. The third-order valence-corrected chi connectivity index (χ3v) is 4.84. The lowest BCUT2D eigenvalue weighted by Gasteiger charge is -2.07. The predicted molar refractivity (Wildman–Crippen MR) is 103 cm³/mol.